The van der Waals surface area contributed by atoms with E-state index in [0.29, 0.717) is 5.96 Å². The molecule has 0 radical (unpaired) electrons. The lowest BCUT2D eigenvalue weighted by molar-refractivity contribution is 0.832. The monoisotopic (exact) mass is 421 g/mol. The smallest absolute Gasteiger partial charge is 0.193 e. The number of hydrogen-bond acceptors (Lipinski definition) is 1. The predicted octanol–water partition coefficient (Wildman–Crippen LogP) is 4.15. The number of nitrogens with one attached hydrogen (secondary N) is 1. The van der Waals surface area contributed by atoms with Gasteiger partial charge in [-0.25, -0.2) is 0 Å². The first kappa shape index (κ1) is 17.8. The van der Waals surface area contributed by atoms with Crippen LogP contribution in [0.3, 0.4) is 0 Å². The van der Waals surface area contributed by atoms with Crippen LogP contribution in [0.25, 0.3) is 0 Å². The minimum Gasteiger partial charge on any atom is -0.370 e. The summed E-state index contributed by atoms with van der Waals surface area (Å²) < 4.78 is 0. The van der Waals surface area contributed by atoms with Gasteiger partial charge in [-0.3, -0.25) is 4.99 Å². The van der Waals surface area contributed by atoms with Gasteiger partial charge in [0, 0.05) is 12.2 Å². The second kappa shape index (κ2) is 8.91. The minimum atomic E-state index is 0. The van der Waals surface area contributed by atoms with Crippen molar-refractivity contribution in [2.45, 2.75) is 32.1 Å². The molecule has 0 fully saturated rings. The van der Waals surface area contributed by atoms with E-state index in [1.54, 1.807) is 0 Å². The maximum Gasteiger partial charge on any atom is 0.193 e. The highest BCUT2D eigenvalue weighted by molar-refractivity contribution is 14.0. The molecule has 0 bridgehead atoms. The van der Waals surface area contributed by atoms with Crippen LogP contribution in [0, 0.1) is 0 Å². The SMILES string of the molecule is I.NC(=NCCCc1ccccc1)Nc1ccc2c(c1)CCC2. The van der Waals surface area contributed by atoms with Gasteiger partial charge in [-0.2, -0.15) is 0 Å². The summed E-state index contributed by atoms with van der Waals surface area (Å²) in [5, 5.41) is 3.20. The van der Waals surface area contributed by atoms with Crippen LogP contribution in [0.15, 0.2) is 53.5 Å². The molecule has 0 spiro atoms. The van der Waals surface area contributed by atoms with Crippen LogP contribution in [-0.4, -0.2) is 12.5 Å². The number of aliphatic imine (C=N–C) groups is 1. The third-order valence-corrected chi connectivity index (χ3v) is 4.12. The molecule has 0 unspecified atom stereocenters. The molecule has 3 nitrogen and oxygen atoms in total. The van der Waals surface area contributed by atoms with Crippen molar-refractivity contribution in [3.63, 3.8) is 0 Å². The van der Waals surface area contributed by atoms with E-state index >= 15 is 0 Å². The zero-order chi connectivity index (χ0) is 15.2. The highest BCUT2D eigenvalue weighted by Crippen LogP contribution is 2.24. The van der Waals surface area contributed by atoms with Gasteiger partial charge in [0.1, 0.15) is 0 Å². The molecule has 4 heteroatoms. The van der Waals surface area contributed by atoms with E-state index in [0.717, 1.165) is 25.1 Å². The summed E-state index contributed by atoms with van der Waals surface area (Å²) >= 11 is 0. The number of hydrogen-bond donors (Lipinski definition) is 2. The first-order valence-electron chi connectivity index (χ1n) is 8.04. The third-order valence-electron chi connectivity index (χ3n) is 4.12. The lowest BCUT2D eigenvalue weighted by Crippen LogP contribution is -2.23. The molecule has 0 heterocycles. The Hall–Kier alpha value is -1.56. The van der Waals surface area contributed by atoms with E-state index in [1.165, 1.54) is 36.0 Å². The van der Waals surface area contributed by atoms with Gasteiger partial charge in [0.25, 0.3) is 0 Å². The number of guanidine groups is 1. The van der Waals surface area contributed by atoms with Crippen LogP contribution < -0.4 is 11.1 Å². The summed E-state index contributed by atoms with van der Waals surface area (Å²) in [6.45, 7) is 0.749. The average molecular weight is 421 g/mol. The number of nitrogens with two attached hydrogens (primary N) is 1. The molecule has 0 amide bonds. The molecule has 1 aliphatic rings. The molecule has 3 rings (SSSR count). The standard InChI is InChI=1S/C19H23N3.HI/c20-19(21-13-5-8-15-6-2-1-3-7-15)22-18-12-11-16-9-4-10-17(16)14-18;/h1-3,6-7,11-12,14H,4-5,8-10,13H2,(H3,20,21,22);1H. The number of benzene rings is 2. The summed E-state index contributed by atoms with van der Waals surface area (Å²) in [4.78, 5) is 4.41. The van der Waals surface area contributed by atoms with Gasteiger partial charge in [0.15, 0.2) is 5.96 Å². The van der Waals surface area contributed by atoms with Crippen LogP contribution in [0.4, 0.5) is 5.69 Å². The van der Waals surface area contributed by atoms with Crippen molar-refractivity contribution in [2.24, 2.45) is 10.7 Å². The van der Waals surface area contributed by atoms with E-state index in [2.05, 4.69) is 52.8 Å². The number of anilines is 1. The summed E-state index contributed by atoms with van der Waals surface area (Å²) in [7, 11) is 0. The van der Waals surface area contributed by atoms with Crippen LogP contribution in [-0.2, 0) is 19.3 Å². The first-order valence-corrected chi connectivity index (χ1v) is 8.04. The molecule has 0 saturated carbocycles. The molecule has 2 aromatic carbocycles. The van der Waals surface area contributed by atoms with Gasteiger partial charge in [-0.15, -0.1) is 24.0 Å². The zero-order valence-electron chi connectivity index (χ0n) is 13.3. The fourth-order valence-electron chi connectivity index (χ4n) is 2.96. The number of halogens is 1. The summed E-state index contributed by atoms with van der Waals surface area (Å²) in [6, 6.07) is 17.0. The fourth-order valence-corrected chi connectivity index (χ4v) is 2.96. The molecular formula is C19H24IN3. The van der Waals surface area contributed by atoms with Crippen molar-refractivity contribution < 1.29 is 0 Å². The molecule has 3 N–H and O–H groups in total. The Bertz CT molecular complexity index is 653. The van der Waals surface area contributed by atoms with Crippen LogP contribution in [0.5, 0.6) is 0 Å². The van der Waals surface area contributed by atoms with Gasteiger partial charge in [0.05, 0.1) is 0 Å². The first-order chi connectivity index (χ1) is 10.8. The van der Waals surface area contributed by atoms with Gasteiger partial charge < -0.3 is 11.1 Å². The molecule has 122 valence electrons. The molecular weight excluding hydrogens is 397 g/mol. The quantitative estimate of drug-likeness (QED) is 0.330. The van der Waals surface area contributed by atoms with Crippen molar-refractivity contribution in [3.8, 4) is 0 Å². The van der Waals surface area contributed by atoms with Crippen molar-refractivity contribution in [2.75, 3.05) is 11.9 Å². The number of nitrogens with zero attached hydrogens (tertiary/aromatic N) is 1. The normalized spacial score (nSPS) is 13.3. The number of rotatable bonds is 5. The molecule has 0 atom stereocenters. The lowest BCUT2D eigenvalue weighted by Gasteiger charge is -2.08. The number of aryl methyl sites for hydroxylation is 3. The van der Waals surface area contributed by atoms with E-state index < -0.39 is 0 Å². The predicted molar refractivity (Wildman–Crippen MR) is 109 cm³/mol. The van der Waals surface area contributed by atoms with E-state index in [4.69, 9.17) is 5.73 Å². The average Bonchev–Trinajstić information content (AvgIpc) is 3.00. The van der Waals surface area contributed by atoms with Gasteiger partial charge in [0.2, 0.25) is 0 Å². The Morgan fingerprint density at radius 2 is 1.83 bits per heavy atom. The fraction of sp³-hybridized carbons (Fsp3) is 0.316. The van der Waals surface area contributed by atoms with E-state index in [1.807, 2.05) is 6.07 Å². The molecule has 1 aliphatic carbocycles. The Kier molecular flexibility index (Phi) is 6.89. The van der Waals surface area contributed by atoms with Crippen molar-refractivity contribution in [1.29, 1.82) is 0 Å². The minimum absolute atomic E-state index is 0. The van der Waals surface area contributed by atoms with Crippen molar-refractivity contribution in [3.05, 3.63) is 65.2 Å². The topological polar surface area (TPSA) is 50.4 Å². The summed E-state index contributed by atoms with van der Waals surface area (Å²) in [6.07, 6.45) is 5.70. The highest BCUT2D eigenvalue weighted by atomic mass is 127. The van der Waals surface area contributed by atoms with Crippen LogP contribution in [0.2, 0.25) is 0 Å². The van der Waals surface area contributed by atoms with Gasteiger partial charge in [-0.1, -0.05) is 36.4 Å². The van der Waals surface area contributed by atoms with Crippen molar-refractivity contribution >= 4 is 35.6 Å². The summed E-state index contributed by atoms with van der Waals surface area (Å²) in [5.74, 6) is 0.506. The Morgan fingerprint density at radius 1 is 1.04 bits per heavy atom. The second-order valence-corrected chi connectivity index (χ2v) is 5.82. The third kappa shape index (κ3) is 5.23. The van der Waals surface area contributed by atoms with Gasteiger partial charge in [-0.05, 0) is 60.9 Å². The maximum absolute atomic E-state index is 5.97. The molecule has 0 aliphatic heterocycles. The van der Waals surface area contributed by atoms with Crippen LogP contribution >= 0.6 is 24.0 Å². The molecule has 0 aromatic heterocycles. The Labute approximate surface area is 155 Å². The number of fused-ring (bicyclic) bond motifs is 1. The maximum atomic E-state index is 5.97. The van der Waals surface area contributed by atoms with Gasteiger partial charge >= 0.3 is 0 Å². The largest absolute Gasteiger partial charge is 0.370 e. The van der Waals surface area contributed by atoms with E-state index in [9.17, 15) is 0 Å². The molecule has 0 saturated heterocycles. The van der Waals surface area contributed by atoms with Crippen molar-refractivity contribution in [1.82, 2.24) is 0 Å². The zero-order valence-corrected chi connectivity index (χ0v) is 15.6. The molecule has 23 heavy (non-hydrogen) atoms. The van der Waals surface area contributed by atoms with Crippen LogP contribution in [0.1, 0.15) is 29.5 Å². The van der Waals surface area contributed by atoms with E-state index in [-0.39, 0.29) is 24.0 Å². The highest BCUT2D eigenvalue weighted by Gasteiger charge is 2.10. The Balaban J connectivity index is 0.00000192. The second-order valence-electron chi connectivity index (χ2n) is 5.82. The summed E-state index contributed by atoms with van der Waals surface area (Å²) in [5.41, 5.74) is 11.3. The molecule has 2 aromatic rings. The lowest BCUT2D eigenvalue weighted by atomic mass is 10.1. The Morgan fingerprint density at radius 3 is 2.65 bits per heavy atom.